The van der Waals surface area contributed by atoms with Crippen molar-refractivity contribution in [2.45, 2.75) is 13.1 Å². The van der Waals surface area contributed by atoms with Gasteiger partial charge in [0.1, 0.15) is 11.4 Å². The highest BCUT2D eigenvalue weighted by Gasteiger charge is 2.01. The highest BCUT2D eigenvalue weighted by Crippen LogP contribution is 2.11. The predicted molar refractivity (Wildman–Crippen MR) is 99.4 cm³/mol. The highest BCUT2D eigenvalue weighted by atomic mass is 16.5. The Morgan fingerprint density at radius 3 is 2.62 bits per heavy atom. The van der Waals surface area contributed by atoms with Crippen LogP contribution in [0.3, 0.4) is 0 Å². The first-order chi connectivity index (χ1) is 12.7. The summed E-state index contributed by atoms with van der Waals surface area (Å²) in [4.78, 5) is 11.9. The maximum atomic E-state index is 11.9. The van der Waals surface area contributed by atoms with Crippen LogP contribution in [0.5, 0.6) is 5.75 Å². The summed E-state index contributed by atoms with van der Waals surface area (Å²) < 4.78 is 6.85. The number of hydrogen-bond donors (Lipinski definition) is 1. The molecule has 0 spiro atoms. The van der Waals surface area contributed by atoms with Gasteiger partial charge in [-0.05, 0) is 29.3 Å². The largest absolute Gasteiger partial charge is 0.497 e. The molecule has 0 atom stereocenters. The van der Waals surface area contributed by atoms with Gasteiger partial charge in [-0.3, -0.25) is 4.79 Å². The number of aromatic nitrogens is 3. The van der Waals surface area contributed by atoms with E-state index in [1.807, 2.05) is 54.6 Å². The Kier molecular flexibility index (Phi) is 5.77. The van der Waals surface area contributed by atoms with Gasteiger partial charge in [-0.25, -0.2) is 4.68 Å². The number of methoxy groups -OCH3 is 1. The van der Waals surface area contributed by atoms with Crippen molar-refractivity contribution in [3.05, 3.63) is 83.7 Å². The molecule has 0 unspecified atom stereocenters. The zero-order valence-electron chi connectivity index (χ0n) is 14.5. The molecule has 2 aromatic carbocycles. The number of carbonyl (C=O) groups excluding carboxylic acids is 1. The van der Waals surface area contributed by atoms with Crippen LogP contribution in [0.25, 0.3) is 6.08 Å². The Balaban J connectivity index is 1.50. The molecule has 0 radical (unpaired) electrons. The standard InChI is InChI=1S/C20H20N4O2/c1-26-19-10-7-16(8-11-19)13-21-20(25)12-9-18-15-24(23-22-18)14-17-5-3-2-4-6-17/h2-12,15H,13-14H2,1H3,(H,21,25)/b12-9+. The molecule has 1 aromatic heterocycles. The van der Waals surface area contributed by atoms with Crippen molar-refractivity contribution < 1.29 is 9.53 Å². The topological polar surface area (TPSA) is 69.0 Å². The van der Waals surface area contributed by atoms with E-state index in [9.17, 15) is 4.79 Å². The fourth-order valence-electron chi connectivity index (χ4n) is 2.39. The molecule has 26 heavy (non-hydrogen) atoms. The Labute approximate surface area is 152 Å². The van der Waals surface area contributed by atoms with Gasteiger partial charge in [0.25, 0.3) is 0 Å². The fourth-order valence-corrected chi connectivity index (χ4v) is 2.39. The molecule has 1 heterocycles. The van der Waals surface area contributed by atoms with Crippen molar-refractivity contribution in [1.29, 1.82) is 0 Å². The molecule has 6 nitrogen and oxygen atoms in total. The maximum Gasteiger partial charge on any atom is 0.244 e. The van der Waals surface area contributed by atoms with Crippen LogP contribution < -0.4 is 10.1 Å². The normalized spacial score (nSPS) is 10.8. The molecule has 0 bridgehead atoms. The molecule has 0 saturated heterocycles. The van der Waals surface area contributed by atoms with Crippen molar-refractivity contribution in [3.63, 3.8) is 0 Å². The molecule has 0 fully saturated rings. The van der Waals surface area contributed by atoms with Gasteiger partial charge < -0.3 is 10.1 Å². The van der Waals surface area contributed by atoms with E-state index in [0.717, 1.165) is 16.9 Å². The zero-order chi connectivity index (χ0) is 18.2. The van der Waals surface area contributed by atoms with Gasteiger partial charge in [0.2, 0.25) is 5.91 Å². The van der Waals surface area contributed by atoms with Gasteiger partial charge in [-0.15, -0.1) is 5.10 Å². The van der Waals surface area contributed by atoms with Crippen molar-refractivity contribution in [1.82, 2.24) is 20.3 Å². The smallest absolute Gasteiger partial charge is 0.244 e. The molecule has 0 aliphatic heterocycles. The number of carbonyl (C=O) groups is 1. The average Bonchev–Trinajstić information content (AvgIpc) is 3.13. The second kappa shape index (κ2) is 8.62. The van der Waals surface area contributed by atoms with E-state index >= 15 is 0 Å². The molecular weight excluding hydrogens is 328 g/mol. The molecule has 0 aliphatic carbocycles. The number of nitrogens with zero attached hydrogens (tertiary/aromatic N) is 3. The summed E-state index contributed by atoms with van der Waals surface area (Å²) >= 11 is 0. The van der Waals surface area contributed by atoms with Gasteiger partial charge in [-0.2, -0.15) is 0 Å². The second-order valence-electron chi connectivity index (χ2n) is 5.73. The lowest BCUT2D eigenvalue weighted by Gasteiger charge is -2.04. The lowest BCUT2D eigenvalue weighted by atomic mass is 10.2. The number of ether oxygens (including phenoxy) is 1. The van der Waals surface area contributed by atoms with Crippen LogP contribution in [0.2, 0.25) is 0 Å². The first-order valence-corrected chi connectivity index (χ1v) is 8.26. The maximum absolute atomic E-state index is 11.9. The minimum Gasteiger partial charge on any atom is -0.497 e. The quantitative estimate of drug-likeness (QED) is 0.667. The highest BCUT2D eigenvalue weighted by molar-refractivity contribution is 5.91. The fraction of sp³-hybridized carbons (Fsp3) is 0.150. The monoisotopic (exact) mass is 348 g/mol. The van der Waals surface area contributed by atoms with Crippen LogP contribution in [0.4, 0.5) is 0 Å². The third-order valence-electron chi connectivity index (χ3n) is 3.78. The molecule has 0 aliphatic rings. The minimum absolute atomic E-state index is 0.182. The summed E-state index contributed by atoms with van der Waals surface area (Å²) in [6.45, 7) is 1.10. The summed E-state index contributed by atoms with van der Waals surface area (Å²) in [6, 6.07) is 17.6. The van der Waals surface area contributed by atoms with Gasteiger partial charge in [0.15, 0.2) is 0 Å². The van der Waals surface area contributed by atoms with Crippen LogP contribution in [-0.2, 0) is 17.9 Å². The van der Waals surface area contributed by atoms with E-state index in [2.05, 4.69) is 15.6 Å². The van der Waals surface area contributed by atoms with E-state index in [4.69, 9.17) is 4.74 Å². The minimum atomic E-state index is -0.182. The predicted octanol–water partition coefficient (Wildman–Crippen LogP) is 2.66. The summed E-state index contributed by atoms with van der Waals surface area (Å²) in [7, 11) is 1.62. The van der Waals surface area contributed by atoms with Crippen molar-refractivity contribution in [2.75, 3.05) is 7.11 Å². The lowest BCUT2D eigenvalue weighted by molar-refractivity contribution is -0.116. The molecule has 3 aromatic rings. The Bertz CT molecular complexity index is 870. The van der Waals surface area contributed by atoms with E-state index < -0.39 is 0 Å². The van der Waals surface area contributed by atoms with E-state index in [0.29, 0.717) is 18.8 Å². The number of hydrogen-bond acceptors (Lipinski definition) is 4. The van der Waals surface area contributed by atoms with Gasteiger partial charge in [0.05, 0.1) is 19.9 Å². The van der Waals surface area contributed by atoms with Crippen LogP contribution in [0.15, 0.2) is 66.9 Å². The number of nitrogens with one attached hydrogen (secondary N) is 1. The molecule has 132 valence electrons. The molecule has 3 rings (SSSR count). The van der Waals surface area contributed by atoms with Gasteiger partial charge in [0, 0.05) is 12.6 Å². The molecule has 6 heteroatoms. The van der Waals surface area contributed by atoms with Crippen LogP contribution >= 0.6 is 0 Å². The van der Waals surface area contributed by atoms with Crippen LogP contribution in [0, 0.1) is 0 Å². The number of amides is 1. The number of benzene rings is 2. The Morgan fingerprint density at radius 1 is 1.12 bits per heavy atom. The van der Waals surface area contributed by atoms with E-state index in [-0.39, 0.29) is 5.91 Å². The van der Waals surface area contributed by atoms with Crippen molar-refractivity contribution >= 4 is 12.0 Å². The first kappa shape index (κ1) is 17.4. The molecule has 0 saturated carbocycles. The SMILES string of the molecule is COc1ccc(CNC(=O)/C=C/c2cn(Cc3ccccc3)nn2)cc1. The van der Waals surface area contributed by atoms with E-state index in [1.165, 1.54) is 6.08 Å². The Morgan fingerprint density at radius 2 is 1.88 bits per heavy atom. The zero-order valence-corrected chi connectivity index (χ0v) is 14.5. The third-order valence-corrected chi connectivity index (χ3v) is 3.78. The van der Waals surface area contributed by atoms with E-state index in [1.54, 1.807) is 24.1 Å². The summed E-state index contributed by atoms with van der Waals surface area (Å²) in [6.07, 6.45) is 4.92. The van der Waals surface area contributed by atoms with Gasteiger partial charge in [-0.1, -0.05) is 47.7 Å². The summed E-state index contributed by atoms with van der Waals surface area (Å²) in [5.41, 5.74) is 2.78. The first-order valence-electron chi connectivity index (χ1n) is 8.26. The number of rotatable bonds is 7. The second-order valence-corrected chi connectivity index (χ2v) is 5.73. The van der Waals surface area contributed by atoms with Gasteiger partial charge >= 0.3 is 0 Å². The lowest BCUT2D eigenvalue weighted by Crippen LogP contribution is -2.20. The van der Waals surface area contributed by atoms with Crippen LogP contribution in [0.1, 0.15) is 16.8 Å². The third kappa shape index (κ3) is 5.04. The molecule has 1 amide bonds. The summed E-state index contributed by atoms with van der Waals surface area (Å²) in [5.74, 6) is 0.608. The molecule has 1 N–H and O–H groups in total. The van der Waals surface area contributed by atoms with Crippen LogP contribution in [-0.4, -0.2) is 28.0 Å². The Hall–Kier alpha value is -3.41. The van der Waals surface area contributed by atoms with Crippen molar-refractivity contribution in [2.24, 2.45) is 0 Å². The molecular formula is C20H20N4O2. The summed E-state index contributed by atoms with van der Waals surface area (Å²) in [5, 5.41) is 11.0. The average molecular weight is 348 g/mol. The van der Waals surface area contributed by atoms with Crippen molar-refractivity contribution in [3.8, 4) is 5.75 Å².